The Balaban J connectivity index is 1.84. The van der Waals surface area contributed by atoms with E-state index in [1.165, 1.54) is 10.5 Å². The van der Waals surface area contributed by atoms with E-state index in [-0.39, 0.29) is 17.9 Å². The Bertz CT molecular complexity index is 908. The zero-order valence-electron chi connectivity index (χ0n) is 12.2. The second-order valence-electron chi connectivity index (χ2n) is 4.96. The number of aromatic nitrogens is 2. The van der Waals surface area contributed by atoms with Crippen molar-refractivity contribution >= 4 is 11.6 Å². The van der Waals surface area contributed by atoms with Gasteiger partial charge in [-0.25, -0.2) is 9.78 Å². The van der Waals surface area contributed by atoms with E-state index in [0.29, 0.717) is 17.1 Å². The number of carbonyl (C=O) groups is 1. The molecular weight excluding hydrogens is 284 g/mol. The minimum Gasteiger partial charge on any atom is -0.454 e. The molecule has 0 aliphatic carbocycles. The van der Waals surface area contributed by atoms with Crippen LogP contribution in [0, 0.1) is 13.8 Å². The fourth-order valence-corrected chi connectivity index (χ4v) is 2.14. The Hall–Kier alpha value is -2.89. The molecule has 0 aromatic carbocycles. The smallest absolute Gasteiger partial charge is 0.374 e. The van der Waals surface area contributed by atoms with Gasteiger partial charge in [0, 0.05) is 12.3 Å². The first-order valence-electron chi connectivity index (χ1n) is 6.76. The summed E-state index contributed by atoms with van der Waals surface area (Å²) >= 11 is 0. The largest absolute Gasteiger partial charge is 0.454 e. The van der Waals surface area contributed by atoms with Crippen molar-refractivity contribution in [2.24, 2.45) is 0 Å². The van der Waals surface area contributed by atoms with Gasteiger partial charge in [-0.1, -0.05) is 6.07 Å². The van der Waals surface area contributed by atoms with Crippen LogP contribution >= 0.6 is 0 Å². The molecule has 3 rings (SSSR count). The summed E-state index contributed by atoms with van der Waals surface area (Å²) in [4.78, 5) is 28.2. The molecule has 0 saturated carbocycles. The average molecular weight is 298 g/mol. The van der Waals surface area contributed by atoms with E-state index in [0.717, 1.165) is 5.56 Å². The van der Waals surface area contributed by atoms with Crippen LogP contribution in [0.25, 0.3) is 5.65 Å². The number of hydrogen-bond donors (Lipinski definition) is 0. The van der Waals surface area contributed by atoms with E-state index < -0.39 is 5.97 Å². The molecule has 0 unspecified atom stereocenters. The minimum atomic E-state index is -0.583. The van der Waals surface area contributed by atoms with Crippen LogP contribution in [0.1, 0.15) is 27.6 Å². The molecule has 22 heavy (non-hydrogen) atoms. The van der Waals surface area contributed by atoms with Crippen LogP contribution in [0.4, 0.5) is 0 Å². The molecule has 0 radical (unpaired) electrons. The molecule has 0 spiro atoms. The molecule has 0 fully saturated rings. The van der Waals surface area contributed by atoms with Crippen molar-refractivity contribution in [2.75, 3.05) is 0 Å². The molecule has 0 aliphatic rings. The predicted molar refractivity (Wildman–Crippen MR) is 78.8 cm³/mol. The van der Waals surface area contributed by atoms with Gasteiger partial charge in [0.15, 0.2) is 0 Å². The standard InChI is InChI=1S/C16H14N2O4/c1-10-4-3-7-18-14(19)8-12(17-15(10)18)9-21-16(20)13-6-5-11(2)22-13/h3-8H,9H2,1-2H3. The number of rotatable bonds is 3. The molecule has 3 heterocycles. The summed E-state index contributed by atoms with van der Waals surface area (Å²) in [7, 11) is 0. The lowest BCUT2D eigenvalue weighted by molar-refractivity contribution is 0.0429. The van der Waals surface area contributed by atoms with Gasteiger partial charge < -0.3 is 9.15 Å². The van der Waals surface area contributed by atoms with Gasteiger partial charge in [-0.15, -0.1) is 0 Å². The second kappa shape index (κ2) is 5.48. The lowest BCUT2D eigenvalue weighted by atomic mass is 10.3. The molecular formula is C16H14N2O4. The van der Waals surface area contributed by atoms with Crippen LogP contribution in [0.5, 0.6) is 0 Å². The summed E-state index contributed by atoms with van der Waals surface area (Å²) in [5, 5.41) is 0. The summed E-state index contributed by atoms with van der Waals surface area (Å²) < 4.78 is 11.8. The van der Waals surface area contributed by atoms with Gasteiger partial charge in [0.05, 0.1) is 5.69 Å². The minimum absolute atomic E-state index is 0.0847. The Morgan fingerprint density at radius 3 is 2.86 bits per heavy atom. The molecule has 0 aliphatic heterocycles. The number of fused-ring (bicyclic) bond motifs is 1. The number of carbonyl (C=O) groups excluding carboxylic acids is 1. The van der Waals surface area contributed by atoms with Crippen LogP contribution in [-0.2, 0) is 11.3 Å². The molecule has 112 valence electrons. The fourth-order valence-electron chi connectivity index (χ4n) is 2.14. The number of esters is 1. The highest BCUT2D eigenvalue weighted by Gasteiger charge is 2.13. The molecule has 0 amide bonds. The van der Waals surface area contributed by atoms with E-state index in [1.54, 1.807) is 31.3 Å². The van der Waals surface area contributed by atoms with Crippen molar-refractivity contribution < 1.29 is 13.9 Å². The first-order chi connectivity index (χ1) is 10.5. The van der Waals surface area contributed by atoms with Crippen LogP contribution in [0.3, 0.4) is 0 Å². The Morgan fingerprint density at radius 1 is 1.32 bits per heavy atom. The van der Waals surface area contributed by atoms with Crippen LogP contribution in [-0.4, -0.2) is 15.4 Å². The third-order valence-electron chi connectivity index (χ3n) is 3.23. The fraction of sp³-hybridized carbons (Fsp3) is 0.188. The number of pyridine rings is 1. The van der Waals surface area contributed by atoms with Gasteiger partial charge in [-0.05, 0) is 37.6 Å². The van der Waals surface area contributed by atoms with E-state index in [4.69, 9.17) is 9.15 Å². The highest BCUT2D eigenvalue weighted by Crippen LogP contribution is 2.10. The molecule has 0 N–H and O–H groups in total. The third kappa shape index (κ3) is 2.63. The summed E-state index contributed by atoms with van der Waals surface area (Å²) in [5.41, 5.74) is 1.61. The van der Waals surface area contributed by atoms with Crippen molar-refractivity contribution in [1.29, 1.82) is 0 Å². The highest BCUT2D eigenvalue weighted by atomic mass is 16.5. The number of nitrogens with zero attached hydrogens (tertiary/aromatic N) is 2. The van der Waals surface area contributed by atoms with Gasteiger partial charge in [0.25, 0.3) is 5.56 Å². The first-order valence-corrected chi connectivity index (χ1v) is 6.76. The molecule has 3 aromatic heterocycles. The SMILES string of the molecule is Cc1ccc(C(=O)OCc2cc(=O)n3cccc(C)c3n2)o1. The van der Waals surface area contributed by atoms with Crippen molar-refractivity contribution in [2.45, 2.75) is 20.5 Å². The molecule has 6 nitrogen and oxygen atoms in total. The average Bonchev–Trinajstić information content (AvgIpc) is 2.93. The molecule has 0 atom stereocenters. The van der Waals surface area contributed by atoms with Crippen molar-refractivity contribution in [3.05, 3.63) is 69.7 Å². The van der Waals surface area contributed by atoms with Gasteiger partial charge >= 0.3 is 5.97 Å². The summed E-state index contributed by atoms with van der Waals surface area (Å²) in [6, 6.07) is 8.23. The quantitative estimate of drug-likeness (QED) is 0.693. The summed E-state index contributed by atoms with van der Waals surface area (Å²) in [6.07, 6.45) is 1.65. The Labute approximate surface area is 126 Å². The van der Waals surface area contributed by atoms with Gasteiger partial charge in [0.1, 0.15) is 18.0 Å². The molecule has 3 aromatic rings. The Kier molecular flexibility index (Phi) is 3.50. The van der Waals surface area contributed by atoms with Gasteiger partial charge in [-0.2, -0.15) is 0 Å². The number of ether oxygens (including phenoxy) is 1. The topological polar surface area (TPSA) is 73.8 Å². The highest BCUT2D eigenvalue weighted by molar-refractivity contribution is 5.86. The van der Waals surface area contributed by atoms with Gasteiger partial charge in [-0.3, -0.25) is 9.20 Å². The normalized spacial score (nSPS) is 10.8. The molecule has 6 heteroatoms. The lowest BCUT2D eigenvalue weighted by Crippen LogP contribution is -2.17. The van der Waals surface area contributed by atoms with E-state index in [1.807, 2.05) is 13.0 Å². The number of hydrogen-bond acceptors (Lipinski definition) is 5. The van der Waals surface area contributed by atoms with Crippen molar-refractivity contribution in [3.8, 4) is 0 Å². The predicted octanol–water partition coefficient (Wildman–Crippen LogP) is 2.26. The monoisotopic (exact) mass is 298 g/mol. The number of furan rings is 1. The molecule has 0 saturated heterocycles. The summed E-state index contributed by atoms with van der Waals surface area (Å²) in [5.74, 6) is 0.177. The maximum Gasteiger partial charge on any atom is 0.374 e. The second-order valence-corrected chi connectivity index (χ2v) is 4.96. The van der Waals surface area contributed by atoms with E-state index >= 15 is 0 Å². The maximum absolute atomic E-state index is 12.0. The molecule has 0 bridgehead atoms. The zero-order valence-corrected chi connectivity index (χ0v) is 12.2. The Morgan fingerprint density at radius 2 is 2.14 bits per heavy atom. The van der Waals surface area contributed by atoms with Gasteiger partial charge in [0.2, 0.25) is 5.76 Å². The van der Waals surface area contributed by atoms with Crippen molar-refractivity contribution in [1.82, 2.24) is 9.38 Å². The van der Waals surface area contributed by atoms with Crippen LogP contribution < -0.4 is 5.56 Å². The summed E-state index contributed by atoms with van der Waals surface area (Å²) in [6.45, 7) is 3.52. The number of aryl methyl sites for hydroxylation is 2. The lowest BCUT2D eigenvalue weighted by Gasteiger charge is -2.06. The van der Waals surface area contributed by atoms with E-state index in [2.05, 4.69) is 4.98 Å². The first kappa shape index (κ1) is 14.1. The zero-order chi connectivity index (χ0) is 15.7. The van der Waals surface area contributed by atoms with E-state index in [9.17, 15) is 9.59 Å². The van der Waals surface area contributed by atoms with Crippen LogP contribution in [0.2, 0.25) is 0 Å². The van der Waals surface area contributed by atoms with Crippen LogP contribution in [0.15, 0.2) is 45.7 Å². The third-order valence-corrected chi connectivity index (χ3v) is 3.23. The maximum atomic E-state index is 12.0. The van der Waals surface area contributed by atoms with Crippen molar-refractivity contribution in [3.63, 3.8) is 0 Å².